The molecule has 1 rings (SSSR count). The molecule has 0 saturated heterocycles. The highest BCUT2D eigenvalue weighted by atomic mass is 32.2. The molecule has 106 valence electrons. The van der Waals surface area contributed by atoms with Crippen molar-refractivity contribution < 1.29 is 27.1 Å². The van der Waals surface area contributed by atoms with Crippen molar-refractivity contribution in [3.8, 4) is 0 Å². The molecule has 1 aromatic carbocycles. The highest BCUT2D eigenvalue weighted by molar-refractivity contribution is 7.91. The summed E-state index contributed by atoms with van der Waals surface area (Å²) in [7, 11) is -3.94. The van der Waals surface area contributed by atoms with Gasteiger partial charge in [-0.2, -0.15) is 0 Å². The lowest BCUT2D eigenvalue weighted by Crippen LogP contribution is -2.13. The van der Waals surface area contributed by atoms with Crippen LogP contribution in [0.4, 0.5) is 8.78 Å². The zero-order valence-corrected chi connectivity index (χ0v) is 11.1. The summed E-state index contributed by atoms with van der Waals surface area (Å²) in [5.41, 5.74) is -1.24. The molecule has 0 spiro atoms. The minimum absolute atomic E-state index is 0.289. The molecule has 0 aliphatic carbocycles. The van der Waals surface area contributed by atoms with Gasteiger partial charge in [-0.15, -0.1) is 0 Å². The Morgan fingerprint density at radius 1 is 1.26 bits per heavy atom. The van der Waals surface area contributed by atoms with E-state index >= 15 is 0 Å². The van der Waals surface area contributed by atoms with E-state index < -0.39 is 37.9 Å². The number of hydrogen-bond donors (Lipinski definition) is 1. The Kier molecular flexibility index (Phi) is 4.99. The van der Waals surface area contributed by atoms with Crippen LogP contribution in [-0.4, -0.2) is 25.2 Å². The Hall–Kier alpha value is -1.50. The second kappa shape index (κ2) is 6.10. The maximum atomic E-state index is 13.8. The van der Waals surface area contributed by atoms with Gasteiger partial charge >= 0.3 is 5.97 Å². The van der Waals surface area contributed by atoms with E-state index in [2.05, 4.69) is 0 Å². The molecular formula is C12H14F2O4S. The zero-order chi connectivity index (χ0) is 14.6. The van der Waals surface area contributed by atoms with Crippen LogP contribution in [0.15, 0.2) is 17.0 Å². The summed E-state index contributed by atoms with van der Waals surface area (Å²) in [4.78, 5) is 9.95. The average molecular weight is 292 g/mol. The van der Waals surface area contributed by atoms with Crippen LogP contribution in [0, 0.1) is 11.6 Å². The van der Waals surface area contributed by atoms with Crippen molar-refractivity contribution in [1.82, 2.24) is 0 Å². The van der Waals surface area contributed by atoms with Crippen LogP contribution in [0.1, 0.15) is 36.5 Å². The van der Waals surface area contributed by atoms with Crippen LogP contribution in [-0.2, 0) is 9.84 Å². The second-order valence-corrected chi connectivity index (χ2v) is 6.14. The third-order valence-electron chi connectivity index (χ3n) is 2.62. The van der Waals surface area contributed by atoms with Gasteiger partial charge in [0.15, 0.2) is 15.7 Å². The van der Waals surface area contributed by atoms with Crippen LogP contribution < -0.4 is 0 Å². The summed E-state index contributed by atoms with van der Waals surface area (Å²) in [6.07, 6.45) is 1.80. The predicted octanol–water partition coefficient (Wildman–Crippen LogP) is 2.63. The molecule has 0 radical (unpaired) electrons. The standard InChI is InChI=1S/C12H14F2O4S/c1-2-3-4-7-19(17,18)9-6-5-8(13)10(11(9)14)12(15)16/h5-6H,2-4,7H2,1H3,(H,15,16). The minimum atomic E-state index is -3.94. The topological polar surface area (TPSA) is 71.4 Å². The molecule has 0 bridgehead atoms. The zero-order valence-electron chi connectivity index (χ0n) is 10.3. The third-order valence-corrected chi connectivity index (χ3v) is 4.43. The molecule has 0 aliphatic heterocycles. The highest BCUT2D eigenvalue weighted by Gasteiger charge is 2.26. The van der Waals surface area contributed by atoms with E-state index in [4.69, 9.17) is 5.11 Å². The first-order valence-corrected chi connectivity index (χ1v) is 7.40. The van der Waals surface area contributed by atoms with Gasteiger partial charge in [0, 0.05) is 0 Å². The van der Waals surface area contributed by atoms with E-state index in [9.17, 15) is 22.0 Å². The van der Waals surface area contributed by atoms with Gasteiger partial charge in [-0.25, -0.2) is 22.0 Å². The number of rotatable bonds is 6. The highest BCUT2D eigenvalue weighted by Crippen LogP contribution is 2.23. The normalized spacial score (nSPS) is 11.5. The Labute approximate surface area is 110 Å². The smallest absolute Gasteiger partial charge is 0.341 e. The molecule has 0 heterocycles. The number of halogens is 2. The predicted molar refractivity (Wildman–Crippen MR) is 64.9 cm³/mol. The van der Waals surface area contributed by atoms with Crippen molar-refractivity contribution in [2.75, 3.05) is 5.75 Å². The van der Waals surface area contributed by atoms with Crippen LogP contribution >= 0.6 is 0 Å². The SMILES string of the molecule is CCCCCS(=O)(=O)c1ccc(F)c(C(=O)O)c1F. The Balaban J connectivity index is 3.21. The number of carboxylic acid groups (broad SMARTS) is 1. The van der Waals surface area contributed by atoms with E-state index in [0.29, 0.717) is 18.9 Å². The first kappa shape index (κ1) is 15.6. The van der Waals surface area contributed by atoms with Gasteiger partial charge in [-0.1, -0.05) is 19.8 Å². The molecule has 0 unspecified atom stereocenters. The van der Waals surface area contributed by atoms with Gasteiger partial charge in [0.05, 0.1) is 5.75 Å². The first-order valence-electron chi connectivity index (χ1n) is 5.75. The summed E-state index contributed by atoms with van der Waals surface area (Å²) in [5, 5.41) is 8.68. The molecule has 1 aromatic rings. The quantitative estimate of drug-likeness (QED) is 0.646. The number of unbranched alkanes of at least 4 members (excludes halogenated alkanes) is 2. The average Bonchev–Trinajstić information content (AvgIpc) is 2.28. The summed E-state index contributed by atoms with van der Waals surface area (Å²) in [5.74, 6) is -4.95. The number of benzene rings is 1. The fourth-order valence-electron chi connectivity index (χ4n) is 1.62. The van der Waals surface area contributed by atoms with Crippen LogP contribution in [0.2, 0.25) is 0 Å². The fourth-order valence-corrected chi connectivity index (χ4v) is 3.08. The summed E-state index contributed by atoms with van der Waals surface area (Å²) in [6, 6.07) is 1.41. The van der Waals surface area contributed by atoms with Gasteiger partial charge in [0.2, 0.25) is 0 Å². The molecule has 19 heavy (non-hydrogen) atoms. The Morgan fingerprint density at radius 2 is 1.89 bits per heavy atom. The van der Waals surface area contributed by atoms with Crippen molar-refractivity contribution in [3.63, 3.8) is 0 Å². The molecule has 0 aromatic heterocycles. The van der Waals surface area contributed by atoms with Crippen LogP contribution in [0.25, 0.3) is 0 Å². The molecule has 0 aliphatic rings. The number of carboxylic acids is 1. The molecule has 0 amide bonds. The van der Waals surface area contributed by atoms with E-state index in [1.165, 1.54) is 0 Å². The van der Waals surface area contributed by atoms with E-state index in [1.807, 2.05) is 6.92 Å². The maximum Gasteiger partial charge on any atom is 0.341 e. The van der Waals surface area contributed by atoms with Crippen molar-refractivity contribution >= 4 is 15.8 Å². The molecule has 1 N–H and O–H groups in total. The van der Waals surface area contributed by atoms with Crippen LogP contribution in [0.5, 0.6) is 0 Å². The van der Waals surface area contributed by atoms with Crippen molar-refractivity contribution in [2.45, 2.75) is 31.1 Å². The molecule has 0 fully saturated rings. The number of carbonyl (C=O) groups is 1. The maximum absolute atomic E-state index is 13.8. The number of sulfone groups is 1. The Bertz CT molecular complexity index is 582. The largest absolute Gasteiger partial charge is 0.477 e. The van der Waals surface area contributed by atoms with E-state index in [-0.39, 0.29) is 5.75 Å². The molecular weight excluding hydrogens is 278 g/mol. The van der Waals surface area contributed by atoms with Crippen molar-refractivity contribution in [3.05, 3.63) is 29.3 Å². The lowest BCUT2D eigenvalue weighted by Gasteiger charge is -2.08. The van der Waals surface area contributed by atoms with Gasteiger partial charge in [-0.05, 0) is 18.6 Å². The third kappa shape index (κ3) is 3.50. The summed E-state index contributed by atoms with van der Waals surface area (Å²) >= 11 is 0. The van der Waals surface area contributed by atoms with Gasteiger partial charge < -0.3 is 5.11 Å². The molecule has 4 nitrogen and oxygen atoms in total. The van der Waals surface area contributed by atoms with Gasteiger partial charge in [-0.3, -0.25) is 0 Å². The van der Waals surface area contributed by atoms with Gasteiger partial charge in [0.25, 0.3) is 0 Å². The molecule has 0 atom stereocenters. The fraction of sp³-hybridized carbons (Fsp3) is 0.417. The van der Waals surface area contributed by atoms with Gasteiger partial charge in [0.1, 0.15) is 16.3 Å². The summed E-state index contributed by atoms with van der Waals surface area (Å²) < 4.78 is 50.7. The van der Waals surface area contributed by atoms with Crippen LogP contribution in [0.3, 0.4) is 0 Å². The van der Waals surface area contributed by atoms with Crippen molar-refractivity contribution in [1.29, 1.82) is 0 Å². The monoisotopic (exact) mass is 292 g/mol. The second-order valence-electron chi connectivity index (χ2n) is 4.07. The molecule has 7 heteroatoms. The van der Waals surface area contributed by atoms with E-state index in [0.717, 1.165) is 12.5 Å². The lowest BCUT2D eigenvalue weighted by molar-refractivity contribution is 0.0685. The first-order chi connectivity index (χ1) is 8.81. The molecule has 0 saturated carbocycles. The van der Waals surface area contributed by atoms with E-state index in [1.54, 1.807) is 0 Å². The minimum Gasteiger partial charge on any atom is -0.477 e. The Morgan fingerprint density at radius 3 is 2.42 bits per heavy atom. The number of aromatic carboxylic acids is 1. The lowest BCUT2D eigenvalue weighted by atomic mass is 10.2. The van der Waals surface area contributed by atoms with Crippen molar-refractivity contribution in [2.24, 2.45) is 0 Å². The summed E-state index contributed by atoms with van der Waals surface area (Å²) in [6.45, 7) is 1.88. The number of hydrogen-bond acceptors (Lipinski definition) is 3.